The van der Waals surface area contributed by atoms with Crippen molar-refractivity contribution in [3.8, 4) is 0 Å². The van der Waals surface area contributed by atoms with Crippen LogP contribution in [0.3, 0.4) is 0 Å². The summed E-state index contributed by atoms with van der Waals surface area (Å²) in [7, 11) is 2.00. The molecular weight excluding hydrogens is 300 g/mol. The van der Waals surface area contributed by atoms with E-state index in [1.54, 1.807) is 0 Å². The lowest BCUT2D eigenvalue weighted by atomic mass is 9.69. The Morgan fingerprint density at radius 1 is 1.33 bits per heavy atom. The number of amides is 1. The number of likely N-dealkylation sites (tertiary alicyclic amines) is 1. The summed E-state index contributed by atoms with van der Waals surface area (Å²) >= 11 is 0. The lowest BCUT2D eigenvalue weighted by Gasteiger charge is -2.40. The van der Waals surface area contributed by atoms with Crippen molar-refractivity contribution < 1.29 is 9.90 Å². The highest BCUT2D eigenvalue weighted by atomic mass is 16.3. The Labute approximate surface area is 145 Å². The van der Waals surface area contributed by atoms with Gasteiger partial charge in [-0.05, 0) is 37.8 Å². The molecule has 4 nitrogen and oxygen atoms in total. The monoisotopic (exact) mass is 330 g/mol. The lowest BCUT2D eigenvalue weighted by Crippen LogP contribution is -2.45. The number of fused-ring (bicyclic) bond motifs is 1. The molecule has 24 heavy (non-hydrogen) atoms. The van der Waals surface area contributed by atoms with Crippen molar-refractivity contribution in [2.45, 2.75) is 44.8 Å². The molecule has 0 radical (unpaired) electrons. The predicted molar refractivity (Wildman–Crippen MR) is 95.4 cm³/mol. The highest BCUT2D eigenvalue weighted by molar-refractivity contribution is 5.78. The van der Waals surface area contributed by atoms with E-state index in [2.05, 4.69) is 24.0 Å². The van der Waals surface area contributed by atoms with Gasteiger partial charge in [-0.2, -0.15) is 0 Å². The maximum atomic E-state index is 12.7. The molecule has 1 saturated heterocycles. The summed E-state index contributed by atoms with van der Waals surface area (Å²) in [6.07, 6.45) is 3.92. The fourth-order valence-electron chi connectivity index (χ4n) is 4.55. The molecular formula is C20H30N2O2. The third-order valence-corrected chi connectivity index (χ3v) is 5.98. The summed E-state index contributed by atoms with van der Waals surface area (Å²) in [5.41, 5.74) is 0.664. The summed E-state index contributed by atoms with van der Waals surface area (Å²) in [6, 6.07) is 10.2. The van der Waals surface area contributed by atoms with Gasteiger partial charge in [-0.15, -0.1) is 0 Å². The smallest absolute Gasteiger partial charge is 0.236 e. The van der Waals surface area contributed by atoms with Crippen LogP contribution in [0.4, 0.5) is 0 Å². The summed E-state index contributed by atoms with van der Waals surface area (Å²) in [6.45, 7) is 4.85. The van der Waals surface area contributed by atoms with Gasteiger partial charge in [0, 0.05) is 25.6 Å². The summed E-state index contributed by atoms with van der Waals surface area (Å²) < 4.78 is 0. The fraction of sp³-hybridized carbons (Fsp3) is 0.650. The molecule has 2 fully saturated rings. The van der Waals surface area contributed by atoms with Gasteiger partial charge in [0.15, 0.2) is 0 Å². The van der Waals surface area contributed by atoms with Crippen molar-refractivity contribution in [1.29, 1.82) is 0 Å². The molecule has 1 amide bonds. The molecule has 3 atom stereocenters. The van der Waals surface area contributed by atoms with E-state index in [4.69, 9.17) is 0 Å². The van der Waals surface area contributed by atoms with E-state index in [1.165, 1.54) is 5.56 Å². The highest BCUT2D eigenvalue weighted by Gasteiger charge is 2.48. The number of aliphatic hydroxyl groups is 1. The normalized spacial score (nSPS) is 29.8. The van der Waals surface area contributed by atoms with E-state index in [0.717, 1.165) is 45.3 Å². The molecule has 1 aromatic carbocycles. The Morgan fingerprint density at radius 3 is 2.79 bits per heavy atom. The van der Waals surface area contributed by atoms with Crippen LogP contribution in [0, 0.1) is 11.8 Å². The minimum absolute atomic E-state index is 0.196. The molecule has 1 aliphatic heterocycles. The van der Waals surface area contributed by atoms with Crippen molar-refractivity contribution in [2.75, 3.05) is 26.7 Å². The molecule has 1 aromatic rings. The van der Waals surface area contributed by atoms with E-state index in [0.29, 0.717) is 12.5 Å². The Bertz CT molecular complexity index is 562. The first-order valence-corrected chi connectivity index (χ1v) is 9.24. The number of rotatable bonds is 5. The molecule has 2 aliphatic rings. The van der Waals surface area contributed by atoms with Crippen LogP contribution in [0.5, 0.6) is 0 Å². The number of benzene rings is 1. The molecule has 4 heteroatoms. The molecule has 3 rings (SSSR count). The van der Waals surface area contributed by atoms with Crippen molar-refractivity contribution in [1.82, 2.24) is 9.80 Å². The second-order valence-corrected chi connectivity index (χ2v) is 7.67. The number of carbonyl (C=O) groups is 1. The Balaban J connectivity index is 1.56. The number of hydrogen-bond acceptors (Lipinski definition) is 3. The third-order valence-electron chi connectivity index (χ3n) is 5.98. The average Bonchev–Trinajstić information content (AvgIpc) is 3.02. The van der Waals surface area contributed by atoms with Gasteiger partial charge in [0.25, 0.3) is 0 Å². The van der Waals surface area contributed by atoms with Crippen molar-refractivity contribution >= 4 is 5.91 Å². The topological polar surface area (TPSA) is 43.8 Å². The maximum absolute atomic E-state index is 12.7. The van der Waals surface area contributed by atoms with Crippen LogP contribution >= 0.6 is 0 Å². The molecule has 1 aliphatic carbocycles. The highest BCUT2D eigenvalue weighted by Crippen LogP contribution is 2.44. The SMILES string of the molecule is CC[C@@]1(O)CCC[C@@H]2CN(C(=O)CN(C)Cc3ccccc3)C[C@@H]21. The average molecular weight is 330 g/mol. The van der Waals surface area contributed by atoms with E-state index in [1.807, 2.05) is 30.1 Å². The second-order valence-electron chi connectivity index (χ2n) is 7.67. The standard InChI is InChI=1S/C20H30N2O2/c1-3-20(24)11-7-10-17-13-22(14-18(17)20)19(23)15-21(2)12-16-8-5-4-6-9-16/h4-6,8-9,17-18,24H,3,7,10-15H2,1-2H3/t17-,18+,20-/m1/s1. The summed E-state index contributed by atoms with van der Waals surface area (Å²) in [5, 5.41) is 10.9. The van der Waals surface area contributed by atoms with Gasteiger partial charge in [0.1, 0.15) is 0 Å². The number of nitrogens with zero attached hydrogens (tertiary/aromatic N) is 2. The second kappa shape index (κ2) is 7.24. The van der Waals surface area contributed by atoms with Crippen molar-refractivity contribution in [3.05, 3.63) is 35.9 Å². The maximum Gasteiger partial charge on any atom is 0.236 e. The molecule has 1 N–H and O–H groups in total. The van der Waals surface area contributed by atoms with Gasteiger partial charge >= 0.3 is 0 Å². The number of carbonyl (C=O) groups excluding carboxylic acids is 1. The zero-order valence-electron chi connectivity index (χ0n) is 14.9. The zero-order chi connectivity index (χ0) is 17.2. The van der Waals surface area contributed by atoms with Gasteiger partial charge in [0.2, 0.25) is 5.91 Å². The van der Waals surface area contributed by atoms with E-state index >= 15 is 0 Å². The molecule has 0 unspecified atom stereocenters. The third kappa shape index (κ3) is 3.65. The molecule has 132 valence electrons. The van der Waals surface area contributed by atoms with Gasteiger partial charge < -0.3 is 10.0 Å². The zero-order valence-corrected chi connectivity index (χ0v) is 14.9. The molecule has 0 bridgehead atoms. The molecule has 1 saturated carbocycles. The molecule has 0 aromatic heterocycles. The van der Waals surface area contributed by atoms with Crippen LogP contribution in [0.1, 0.15) is 38.2 Å². The van der Waals surface area contributed by atoms with Gasteiger partial charge in [-0.25, -0.2) is 0 Å². The predicted octanol–water partition coefficient (Wildman–Crippen LogP) is 2.52. The first-order valence-electron chi connectivity index (χ1n) is 9.24. The quantitative estimate of drug-likeness (QED) is 0.902. The summed E-state index contributed by atoms with van der Waals surface area (Å²) in [5.74, 6) is 0.938. The van der Waals surface area contributed by atoms with E-state index < -0.39 is 5.60 Å². The largest absolute Gasteiger partial charge is 0.390 e. The van der Waals surface area contributed by atoms with Gasteiger partial charge in [0.05, 0.1) is 12.1 Å². The fourth-order valence-corrected chi connectivity index (χ4v) is 4.55. The first kappa shape index (κ1) is 17.4. The van der Waals surface area contributed by atoms with Gasteiger partial charge in [-0.1, -0.05) is 43.7 Å². The van der Waals surface area contributed by atoms with E-state index in [-0.39, 0.29) is 11.8 Å². The van der Waals surface area contributed by atoms with Crippen LogP contribution in [-0.2, 0) is 11.3 Å². The van der Waals surface area contributed by atoms with Crippen LogP contribution < -0.4 is 0 Å². The van der Waals surface area contributed by atoms with Gasteiger partial charge in [-0.3, -0.25) is 9.69 Å². The number of hydrogen-bond donors (Lipinski definition) is 1. The van der Waals surface area contributed by atoms with Crippen molar-refractivity contribution in [3.63, 3.8) is 0 Å². The minimum Gasteiger partial charge on any atom is -0.390 e. The Hall–Kier alpha value is -1.39. The molecule has 0 spiro atoms. The first-order chi connectivity index (χ1) is 11.5. The Kier molecular flexibility index (Phi) is 5.26. The van der Waals surface area contributed by atoms with Crippen molar-refractivity contribution in [2.24, 2.45) is 11.8 Å². The van der Waals surface area contributed by atoms with Crippen LogP contribution in [0.15, 0.2) is 30.3 Å². The lowest BCUT2D eigenvalue weighted by molar-refractivity contribution is -0.131. The molecule has 1 heterocycles. The van der Waals surface area contributed by atoms with Crippen LogP contribution in [-0.4, -0.2) is 53.1 Å². The van der Waals surface area contributed by atoms with Crippen LogP contribution in [0.25, 0.3) is 0 Å². The van der Waals surface area contributed by atoms with Crippen LogP contribution in [0.2, 0.25) is 0 Å². The number of likely N-dealkylation sites (N-methyl/N-ethyl adjacent to an activating group) is 1. The summed E-state index contributed by atoms with van der Waals surface area (Å²) in [4.78, 5) is 16.8. The van der Waals surface area contributed by atoms with E-state index in [9.17, 15) is 9.90 Å². The minimum atomic E-state index is -0.562. The Morgan fingerprint density at radius 2 is 2.08 bits per heavy atom.